The largest absolute Gasteiger partial charge is 0.475 e. The van der Waals surface area contributed by atoms with Gasteiger partial charge < -0.3 is 5.11 Å². The van der Waals surface area contributed by atoms with Crippen LogP contribution < -0.4 is 0 Å². The molecular formula is C17H12O4. The van der Waals surface area contributed by atoms with Crippen molar-refractivity contribution >= 4 is 23.6 Å². The maximum Gasteiger partial charge on any atom is 0.377 e. The molecule has 0 spiro atoms. The Kier molecular flexibility index (Phi) is 4.41. The van der Waals surface area contributed by atoms with Crippen molar-refractivity contribution in [3.8, 4) is 0 Å². The van der Waals surface area contributed by atoms with Gasteiger partial charge in [-0.25, -0.2) is 4.79 Å². The van der Waals surface area contributed by atoms with Crippen LogP contribution in [0.4, 0.5) is 0 Å². The highest BCUT2D eigenvalue weighted by atomic mass is 16.4. The maximum atomic E-state index is 12.3. The van der Waals surface area contributed by atoms with Crippen molar-refractivity contribution in [3.05, 3.63) is 77.4 Å². The molecule has 21 heavy (non-hydrogen) atoms. The second-order valence-electron chi connectivity index (χ2n) is 4.30. The van der Waals surface area contributed by atoms with Gasteiger partial charge in [-0.2, -0.15) is 0 Å². The normalized spacial score (nSPS) is 11.0. The van der Waals surface area contributed by atoms with Gasteiger partial charge in [0.25, 0.3) is 5.78 Å². The van der Waals surface area contributed by atoms with E-state index in [9.17, 15) is 14.4 Å². The number of carboxylic acids is 1. The average Bonchev–Trinajstić information content (AvgIpc) is 2.53. The lowest BCUT2D eigenvalue weighted by Crippen LogP contribution is -2.21. The van der Waals surface area contributed by atoms with Crippen molar-refractivity contribution in [1.82, 2.24) is 0 Å². The summed E-state index contributed by atoms with van der Waals surface area (Å²) in [6, 6.07) is 16.7. The monoisotopic (exact) mass is 280 g/mol. The molecule has 0 aliphatic heterocycles. The minimum atomic E-state index is -1.65. The summed E-state index contributed by atoms with van der Waals surface area (Å²) in [6.45, 7) is 0. The molecule has 0 heterocycles. The van der Waals surface area contributed by atoms with E-state index in [4.69, 9.17) is 5.11 Å². The van der Waals surface area contributed by atoms with Crippen LogP contribution in [-0.2, 0) is 9.59 Å². The summed E-state index contributed by atoms with van der Waals surface area (Å²) in [7, 11) is 0. The first kappa shape index (κ1) is 14.4. The molecule has 2 aromatic carbocycles. The average molecular weight is 280 g/mol. The van der Waals surface area contributed by atoms with E-state index in [2.05, 4.69) is 0 Å². The van der Waals surface area contributed by atoms with E-state index >= 15 is 0 Å². The topological polar surface area (TPSA) is 71.4 Å². The van der Waals surface area contributed by atoms with Gasteiger partial charge in [0, 0.05) is 5.56 Å². The molecule has 0 unspecified atom stereocenters. The van der Waals surface area contributed by atoms with E-state index in [1.54, 1.807) is 48.5 Å². The molecule has 104 valence electrons. The third kappa shape index (κ3) is 3.51. The van der Waals surface area contributed by atoms with Crippen molar-refractivity contribution in [2.45, 2.75) is 0 Å². The molecule has 0 radical (unpaired) electrons. The Balaban J connectivity index is 2.47. The van der Waals surface area contributed by atoms with Crippen LogP contribution in [0, 0.1) is 0 Å². The number of rotatable bonds is 5. The van der Waals surface area contributed by atoms with Gasteiger partial charge in [-0.1, -0.05) is 60.7 Å². The van der Waals surface area contributed by atoms with Gasteiger partial charge >= 0.3 is 5.97 Å². The molecule has 0 fully saturated rings. The Hall–Kier alpha value is -3.01. The molecular weight excluding hydrogens is 268 g/mol. The van der Waals surface area contributed by atoms with Crippen molar-refractivity contribution in [1.29, 1.82) is 0 Å². The highest BCUT2D eigenvalue weighted by Gasteiger charge is 2.25. The summed E-state index contributed by atoms with van der Waals surface area (Å²) in [5.74, 6) is -3.47. The molecule has 0 aromatic heterocycles. The highest BCUT2D eigenvalue weighted by molar-refractivity contribution is 6.49. The number of Topliss-reactive ketones (excluding diaryl/α,β-unsaturated/α-hetero) is 2. The lowest BCUT2D eigenvalue weighted by atomic mass is 9.97. The maximum absolute atomic E-state index is 12.3. The molecule has 4 heteroatoms. The number of ketones is 2. The fourth-order valence-electron chi connectivity index (χ4n) is 1.81. The van der Waals surface area contributed by atoms with Crippen molar-refractivity contribution < 1.29 is 19.5 Å². The van der Waals surface area contributed by atoms with E-state index in [0.717, 1.165) is 0 Å². The van der Waals surface area contributed by atoms with E-state index < -0.39 is 17.5 Å². The van der Waals surface area contributed by atoms with Gasteiger partial charge in [0.05, 0.1) is 5.57 Å². The number of carbonyl (C=O) groups excluding carboxylic acids is 2. The molecule has 0 saturated heterocycles. The van der Waals surface area contributed by atoms with Crippen molar-refractivity contribution in [2.75, 3.05) is 0 Å². The zero-order chi connectivity index (χ0) is 15.2. The summed E-state index contributed by atoms with van der Waals surface area (Å²) in [5, 5.41) is 8.88. The highest BCUT2D eigenvalue weighted by Crippen LogP contribution is 2.14. The first-order valence-corrected chi connectivity index (χ1v) is 6.23. The van der Waals surface area contributed by atoms with Gasteiger partial charge in [0.1, 0.15) is 0 Å². The lowest BCUT2D eigenvalue weighted by Gasteiger charge is -2.04. The second-order valence-corrected chi connectivity index (χ2v) is 4.30. The zero-order valence-corrected chi connectivity index (χ0v) is 11.0. The van der Waals surface area contributed by atoms with Gasteiger partial charge in [-0.3, -0.25) is 9.59 Å². The molecule has 2 rings (SSSR count). The Morgan fingerprint density at radius 3 is 1.86 bits per heavy atom. The SMILES string of the molecule is O=C(O)C(=O)C(=Cc1ccccc1)C(=O)c1ccccc1. The van der Waals surface area contributed by atoms with Crippen LogP contribution in [0.15, 0.2) is 66.2 Å². The van der Waals surface area contributed by atoms with Gasteiger partial charge in [0.15, 0.2) is 5.78 Å². The summed E-state index contributed by atoms with van der Waals surface area (Å²) in [5.41, 5.74) is 0.501. The Morgan fingerprint density at radius 2 is 1.33 bits per heavy atom. The Labute approximate surface area is 121 Å². The van der Waals surface area contributed by atoms with Gasteiger partial charge in [-0.15, -0.1) is 0 Å². The lowest BCUT2D eigenvalue weighted by molar-refractivity contribution is -0.147. The molecule has 2 aromatic rings. The summed E-state index contributed by atoms with van der Waals surface area (Å²) < 4.78 is 0. The predicted octanol–water partition coefficient (Wildman–Crippen LogP) is 2.61. The number of benzene rings is 2. The minimum Gasteiger partial charge on any atom is -0.475 e. The fraction of sp³-hybridized carbons (Fsp3) is 0. The third-order valence-corrected chi connectivity index (χ3v) is 2.83. The molecule has 1 N–H and O–H groups in total. The third-order valence-electron chi connectivity index (χ3n) is 2.83. The number of aliphatic carboxylic acids is 1. The van der Waals surface area contributed by atoms with Gasteiger partial charge in [0.2, 0.25) is 0 Å². The van der Waals surface area contributed by atoms with E-state index in [1.807, 2.05) is 0 Å². The number of hydrogen-bond acceptors (Lipinski definition) is 3. The van der Waals surface area contributed by atoms with Crippen molar-refractivity contribution in [2.24, 2.45) is 0 Å². The zero-order valence-electron chi connectivity index (χ0n) is 11.0. The predicted molar refractivity (Wildman–Crippen MR) is 77.8 cm³/mol. The fourth-order valence-corrected chi connectivity index (χ4v) is 1.81. The van der Waals surface area contributed by atoms with Crippen LogP contribution in [-0.4, -0.2) is 22.6 Å². The van der Waals surface area contributed by atoms with E-state index in [1.165, 1.54) is 18.2 Å². The van der Waals surface area contributed by atoms with Gasteiger partial charge in [-0.05, 0) is 11.6 Å². The number of carboxylic acid groups (broad SMARTS) is 1. The van der Waals surface area contributed by atoms with E-state index in [0.29, 0.717) is 5.56 Å². The number of hydrogen-bond donors (Lipinski definition) is 1. The summed E-state index contributed by atoms with van der Waals surface area (Å²) in [4.78, 5) is 35.0. The van der Waals surface area contributed by atoms with Crippen LogP contribution in [0.3, 0.4) is 0 Å². The molecule has 0 saturated carbocycles. The molecule has 4 nitrogen and oxygen atoms in total. The second kappa shape index (κ2) is 6.43. The van der Waals surface area contributed by atoms with Crippen LogP contribution in [0.25, 0.3) is 6.08 Å². The van der Waals surface area contributed by atoms with Crippen LogP contribution >= 0.6 is 0 Å². The first-order valence-electron chi connectivity index (χ1n) is 6.23. The molecule has 0 atom stereocenters. The molecule has 0 aliphatic rings. The minimum absolute atomic E-state index is 0.272. The number of carbonyl (C=O) groups is 3. The Morgan fingerprint density at radius 1 is 0.810 bits per heavy atom. The molecule has 0 aliphatic carbocycles. The Bertz CT molecular complexity index is 700. The molecule has 0 amide bonds. The van der Waals surface area contributed by atoms with Crippen LogP contribution in [0.5, 0.6) is 0 Å². The van der Waals surface area contributed by atoms with Crippen LogP contribution in [0.1, 0.15) is 15.9 Å². The standard InChI is InChI=1S/C17H12O4/c18-15(13-9-5-2-6-10-13)14(16(19)17(20)21)11-12-7-3-1-4-8-12/h1-11H,(H,20,21). The summed E-state index contributed by atoms with van der Waals surface area (Å²) >= 11 is 0. The van der Waals surface area contributed by atoms with Crippen molar-refractivity contribution in [3.63, 3.8) is 0 Å². The smallest absolute Gasteiger partial charge is 0.377 e. The first-order chi connectivity index (χ1) is 10.1. The summed E-state index contributed by atoms with van der Waals surface area (Å²) in [6.07, 6.45) is 1.30. The quantitative estimate of drug-likeness (QED) is 0.300. The van der Waals surface area contributed by atoms with Crippen LogP contribution in [0.2, 0.25) is 0 Å². The molecule has 0 bridgehead atoms. The van der Waals surface area contributed by atoms with E-state index in [-0.39, 0.29) is 11.1 Å².